The van der Waals surface area contributed by atoms with Gasteiger partial charge >= 0.3 is 12.1 Å². The number of methoxy groups -OCH3 is 1. The molecule has 0 fully saturated rings. The van der Waals surface area contributed by atoms with Gasteiger partial charge in [-0.3, -0.25) is 4.79 Å². The number of aromatic nitrogens is 2. The van der Waals surface area contributed by atoms with Gasteiger partial charge in [-0.1, -0.05) is 20.8 Å². The summed E-state index contributed by atoms with van der Waals surface area (Å²) in [5.74, 6) is -1.33. The van der Waals surface area contributed by atoms with Crippen LogP contribution in [0, 0.1) is 5.41 Å². The summed E-state index contributed by atoms with van der Waals surface area (Å²) >= 11 is 0. The van der Waals surface area contributed by atoms with Crippen molar-refractivity contribution < 1.29 is 37.0 Å². The predicted molar refractivity (Wildman–Crippen MR) is 128 cm³/mol. The molecule has 198 valence electrons. The van der Waals surface area contributed by atoms with Gasteiger partial charge in [-0.05, 0) is 29.5 Å². The van der Waals surface area contributed by atoms with E-state index in [1.807, 2.05) is 20.8 Å². The maximum Gasteiger partial charge on any atom is 0.436 e. The van der Waals surface area contributed by atoms with Crippen LogP contribution in [-0.4, -0.2) is 41.0 Å². The zero-order valence-corrected chi connectivity index (χ0v) is 20.8. The lowest BCUT2D eigenvalue weighted by Crippen LogP contribution is -2.32. The molecule has 0 spiro atoms. The van der Waals surface area contributed by atoms with E-state index in [0.717, 1.165) is 5.56 Å². The fourth-order valence-corrected chi connectivity index (χ4v) is 4.44. The van der Waals surface area contributed by atoms with E-state index in [1.54, 1.807) is 23.8 Å². The summed E-state index contributed by atoms with van der Waals surface area (Å²) in [5.41, 5.74) is -0.539. The molecule has 1 aliphatic rings. The van der Waals surface area contributed by atoms with Crippen LogP contribution in [0.5, 0.6) is 5.75 Å². The molecule has 0 saturated heterocycles. The third-order valence-corrected chi connectivity index (χ3v) is 6.32. The van der Waals surface area contributed by atoms with Gasteiger partial charge in [0.05, 0.1) is 17.9 Å². The SMILES string of the molecule is COCCCOc1cc2c(cc1-c1nc(C(F)(F)F)co1)-c1cc(=O)c(C(=O)O)cn1[C@H](C(C)(C)C)C2. The van der Waals surface area contributed by atoms with Gasteiger partial charge in [-0.2, -0.15) is 13.2 Å². The van der Waals surface area contributed by atoms with Crippen LogP contribution >= 0.6 is 0 Å². The fourth-order valence-electron chi connectivity index (χ4n) is 4.44. The summed E-state index contributed by atoms with van der Waals surface area (Å²) in [5, 5.41) is 9.52. The van der Waals surface area contributed by atoms with Crippen molar-refractivity contribution in [3.63, 3.8) is 0 Å². The number of hydrogen-bond donors (Lipinski definition) is 1. The minimum Gasteiger partial charge on any atom is -0.493 e. The highest BCUT2D eigenvalue weighted by molar-refractivity contribution is 5.88. The molecule has 37 heavy (non-hydrogen) atoms. The number of rotatable bonds is 7. The maximum atomic E-state index is 13.2. The van der Waals surface area contributed by atoms with E-state index in [1.165, 1.54) is 12.3 Å². The summed E-state index contributed by atoms with van der Waals surface area (Å²) in [6, 6.07) is 4.35. The number of pyridine rings is 1. The normalized spacial score (nSPS) is 15.3. The van der Waals surface area contributed by atoms with Gasteiger partial charge in [0.2, 0.25) is 5.89 Å². The number of carboxylic acid groups (broad SMARTS) is 1. The van der Waals surface area contributed by atoms with Crippen LogP contribution in [0.1, 0.15) is 54.8 Å². The molecule has 0 saturated carbocycles. The molecule has 1 aromatic carbocycles. The largest absolute Gasteiger partial charge is 0.493 e. The van der Waals surface area contributed by atoms with E-state index < -0.39 is 23.3 Å². The van der Waals surface area contributed by atoms with Gasteiger partial charge in [0.1, 0.15) is 17.6 Å². The Balaban J connectivity index is 1.92. The molecule has 2 aromatic heterocycles. The van der Waals surface area contributed by atoms with Gasteiger partial charge < -0.3 is 23.6 Å². The van der Waals surface area contributed by atoms with Gasteiger partial charge in [0.15, 0.2) is 11.1 Å². The van der Waals surface area contributed by atoms with Crippen molar-refractivity contribution in [2.45, 2.75) is 45.8 Å². The van der Waals surface area contributed by atoms with Crippen LogP contribution in [0.2, 0.25) is 0 Å². The number of alkyl halides is 3. The van der Waals surface area contributed by atoms with E-state index >= 15 is 0 Å². The molecule has 0 aliphatic carbocycles. The van der Waals surface area contributed by atoms with Crippen molar-refractivity contribution in [3.05, 3.63) is 57.7 Å². The van der Waals surface area contributed by atoms with Crippen LogP contribution in [0.3, 0.4) is 0 Å². The van der Waals surface area contributed by atoms with E-state index in [4.69, 9.17) is 13.9 Å². The van der Waals surface area contributed by atoms with Crippen molar-refractivity contribution in [1.29, 1.82) is 0 Å². The molecular weight excluding hydrogens is 493 g/mol. The summed E-state index contributed by atoms with van der Waals surface area (Å²) in [6.07, 6.45) is -1.80. The molecule has 1 atom stereocenters. The Labute approximate surface area is 210 Å². The molecule has 8 nitrogen and oxygen atoms in total. The first kappa shape index (κ1) is 26.5. The summed E-state index contributed by atoms with van der Waals surface area (Å²) in [7, 11) is 1.55. The van der Waals surface area contributed by atoms with E-state index in [9.17, 15) is 27.9 Å². The standard InChI is InChI=1S/C26H27F3N2O6/c1-25(2,3)22-9-14-8-20(36-7-5-6-35-4)16(23-30-21(13-37-23)26(27,28)29)10-15(14)18-11-19(32)17(24(33)34)12-31(18)22/h8,10-13,22H,5-7,9H2,1-4H3,(H,33,34)/t22-/m0/s1. The topological polar surface area (TPSA) is 104 Å². The number of hydrogen-bond acceptors (Lipinski definition) is 6. The molecule has 3 heterocycles. The average Bonchev–Trinajstić information content (AvgIpc) is 3.30. The summed E-state index contributed by atoms with van der Waals surface area (Å²) in [4.78, 5) is 28.0. The quantitative estimate of drug-likeness (QED) is 0.414. The number of carbonyl (C=O) groups is 1. The number of nitrogens with zero attached hydrogens (tertiary/aromatic N) is 2. The third-order valence-electron chi connectivity index (χ3n) is 6.32. The van der Waals surface area contributed by atoms with Crippen molar-refractivity contribution in [2.24, 2.45) is 5.41 Å². The number of carboxylic acids is 1. The zero-order chi connectivity index (χ0) is 27.1. The third kappa shape index (κ3) is 5.27. The number of aromatic carboxylic acids is 1. The number of halogens is 3. The molecule has 0 radical (unpaired) electrons. The summed E-state index contributed by atoms with van der Waals surface area (Å²) in [6.45, 7) is 6.70. The van der Waals surface area contributed by atoms with Crippen molar-refractivity contribution in [2.75, 3.05) is 20.3 Å². The van der Waals surface area contributed by atoms with Gasteiger partial charge in [-0.15, -0.1) is 0 Å². The Morgan fingerprint density at radius 1 is 1.19 bits per heavy atom. The molecular formula is C26H27F3N2O6. The molecule has 4 rings (SSSR count). The van der Waals surface area contributed by atoms with Crippen LogP contribution < -0.4 is 10.2 Å². The van der Waals surface area contributed by atoms with E-state index in [0.29, 0.717) is 37.0 Å². The summed E-state index contributed by atoms with van der Waals surface area (Å²) < 4.78 is 57.6. The highest BCUT2D eigenvalue weighted by atomic mass is 19.4. The number of ether oxygens (including phenoxy) is 2. The van der Waals surface area contributed by atoms with Gasteiger partial charge in [-0.25, -0.2) is 9.78 Å². The molecule has 0 bridgehead atoms. The number of benzene rings is 1. The second-order valence-corrected chi connectivity index (χ2v) is 9.97. The molecule has 1 N–H and O–H groups in total. The highest BCUT2D eigenvalue weighted by Gasteiger charge is 2.37. The van der Waals surface area contributed by atoms with Crippen LogP contribution in [0.25, 0.3) is 22.7 Å². The number of oxazole rings is 1. The molecule has 0 amide bonds. The van der Waals surface area contributed by atoms with Crippen molar-refractivity contribution in [3.8, 4) is 28.5 Å². The lowest BCUT2D eigenvalue weighted by molar-refractivity contribution is -0.141. The lowest BCUT2D eigenvalue weighted by Gasteiger charge is -2.39. The van der Waals surface area contributed by atoms with E-state index in [2.05, 4.69) is 4.98 Å². The second-order valence-electron chi connectivity index (χ2n) is 9.97. The molecule has 1 aliphatic heterocycles. The monoisotopic (exact) mass is 520 g/mol. The Hall–Kier alpha value is -3.60. The lowest BCUT2D eigenvalue weighted by atomic mass is 9.78. The van der Waals surface area contributed by atoms with Crippen LogP contribution in [0.4, 0.5) is 13.2 Å². The minimum atomic E-state index is -4.69. The molecule has 0 unspecified atom stereocenters. The average molecular weight is 521 g/mol. The number of fused-ring (bicyclic) bond motifs is 3. The first-order valence-corrected chi connectivity index (χ1v) is 11.6. The Morgan fingerprint density at radius 3 is 2.51 bits per heavy atom. The van der Waals surface area contributed by atoms with Crippen molar-refractivity contribution in [1.82, 2.24) is 9.55 Å². The Morgan fingerprint density at radius 2 is 1.92 bits per heavy atom. The first-order chi connectivity index (χ1) is 17.3. The molecule has 11 heteroatoms. The molecule has 3 aromatic rings. The Kier molecular flexibility index (Phi) is 6.93. The smallest absolute Gasteiger partial charge is 0.436 e. The predicted octanol–water partition coefficient (Wildman–Crippen LogP) is 5.45. The van der Waals surface area contributed by atoms with Crippen LogP contribution in [0.15, 0.2) is 39.9 Å². The highest BCUT2D eigenvalue weighted by Crippen LogP contribution is 2.46. The maximum absolute atomic E-state index is 13.2. The van der Waals surface area contributed by atoms with E-state index in [-0.39, 0.29) is 40.8 Å². The fraction of sp³-hybridized carbons (Fsp3) is 0.423. The van der Waals surface area contributed by atoms with Gasteiger partial charge in [0, 0.05) is 44.0 Å². The first-order valence-electron chi connectivity index (χ1n) is 11.6. The van der Waals surface area contributed by atoms with Gasteiger partial charge in [0.25, 0.3) is 0 Å². The Bertz CT molecular complexity index is 1380. The second kappa shape index (κ2) is 9.70. The zero-order valence-electron chi connectivity index (χ0n) is 20.8. The minimum absolute atomic E-state index is 0.183. The van der Waals surface area contributed by atoms with Crippen molar-refractivity contribution >= 4 is 5.97 Å². The van der Waals surface area contributed by atoms with Crippen LogP contribution in [-0.2, 0) is 17.3 Å².